The molecule has 32 heavy (non-hydrogen) atoms. The van der Waals surface area contributed by atoms with Gasteiger partial charge in [-0.3, -0.25) is 14.5 Å². The lowest BCUT2D eigenvalue weighted by Gasteiger charge is -2.14. The third-order valence-corrected chi connectivity index (χ3v) is 6.03. The normalized spacial score (nSPS) is 14.8. The number of furan rings is 1. The fraction of sp³-hybridized carbons (Fsp3) is 0.304. The van der Waals surface area contributed by atoms with Gasteiger partial charge >= 0.3 is 5.97 Å². The third-order valence-electron chi connectivity index (χ3n) is 4.66. The Labute approximate surface area is 196 Å². The summed E-state index contributed by atoms with van der Waals surface area (Å²) >= 11 is 6.60. The van der Waals surface area contributed by atoms with E-state index in [0.717, 1.165) is 12.8 Å². The number of hydrogen-bond acceptors (Lipinski definition) is 7. The van der Waals surface area contributed by atoms with Crippen LogP contribution in [0.15, 0.2) is 52.0 Å². The van der Waals surface area contributed by atoms with Gasteiger partial charge < -0.3 is 14.5 Å². The van der Waals surface area contributed by atoms with Crippen molar-refractivity contribution >= 4 is 57.8 Å². The van der Waals surface area contributed by atoms with Crippen LogP contribution in [0.5, 0.6) is 0 Å². The first-order chi connectivity index (χ1) is 15.5. The molecule has 7 nitrogen and oxygen atoms in total. The number of nitrogens with one attached hydrogen (secondary N) is 1. The quantitative estimate of drug-likeness (QED) is 0.229. The summed E-state index contributed by atoms with van der Waals surface area (Å²) in [4.78, 5) is 38.5. The van der Waals surface area contributed by atoms with E-state index in [4.69, 9.17) is 21.4 Å². The molecular weight excluding hydrogens is 448 g/mol. The van der Waals surface area contributed by atoms with E-state index in [0.29, 0.717) is 52.2 Å². The summed E-state index contributed by atoms with van der Waals surface area (Å²) in [6.07, 6.45) is 5.87. The van der Waals surface area contributed by atoms with Crippen LogP contribution in [0.2, 0.25) is 0 Å². The Morgan fingerprint density at radius 1 is 1.19 bits per heavy atom. The van der Waals surface area contributed by atoms with Gasteiger partial charge in [0.15, 0.2) is 0 Å². The van der Waals surface area contributed by atoms with E-state index in [1.807, 2.05) is 0 Å². The number of thioether (sulfide) groups is 1. The standard InChI is InChI=1S/C23H24N2O5S2/c1-2-29-22(28)16-9-11-17(12-10-16)24-20(26)8-4-3-5-13-25-21(27)19(32-23(25)31)15-18-7-6-14-30-18/h6-7,9-12,14-15H,2-5,8,13H2,1H3,(H,24,26)/b19-15-. The van der Waals surface area contributed by atoms with Crippen molar-refractivity contribution in [3.05, 3.63) is 58.9 Å². The summed E-state index contributed by atoms with van der Waals surface area (Å²) in [6.45, 7) is 2.59. The summed E-state index contributed by atoms with van der Waals surface area (Å²) in [5.74, 6) is 0.0247. The zero-order valence-electron chi connectivity index (χ0n) is 17.7. The Morgan fingerprint density at radius 3 is 2.66 bits per heavy atom. The number of nitrogens with zero attached hydrogens (tertiary/aromatic N) is 1. The summed E-state index contributed by atoms with van der Waals surface area (Å²) < 4.78 is 10.7. The zero-order valence-corrected chi connectivity index (χ0v) is 19.3. The first-order valence-corrected chi connectivity index (χ1v) is 11.6. The van der Waals surface area contributed by atoms with Gasteiger partial charge in [0.1, 0.15) is 10.1 Å². The van der Waals surface area contributed by atoms with Crippen LogP contribution in [-0.2, 0) is 14.3 Å². The van der Waals surface area contributed by atoms with Crippen LogP contribution in [0, 0.1) is 0 Å². The highest BCUT2D eigenvalue weighted by Crippen LogP contribution is 2.32. The number of carbonyl (C=O) groups excluding carboxylic acids is 3. The summed E-state index contributed by atoms with van der Waals surface area (Å²) in [7, 11) is 0. The number of hydrogen-bond donors (Lipinski definition) is 1. The van der Waals surface area contributed by atoms with Gasteiger partial charge in [-0.05, 0) is 56.2 Å². The molecule has 0 unspecified atom stereocenters. The minimum atomic E-state index is -0.386. The van der Waals surface area contributed by atoms with Gasteiger partial charge in [0.25, 0.3) is 5.91 Å². The van der Waals surface area contributed by atoms with Crippen molar-refractivity contribution in [1.29, 1.82) is 0 Å². The molecule has 0 aliphatic carbocycles. The minimum absolute atomic E-state index is 0.0964. The van der Waals surface area contributed by atoms with Gasteiger partial charge in [-0.2, -0.15) is 0 Å². The Bertz CT molecular complexity index is 1000. The van der Waals surface area contributed by atoms with Crippen LogP contribution in [0.25, 0.3) is 6.08 Å². The first kappa shape index (κ1) is 23.7. The van der Waals surface area contributed by atoms with Crippen molar-refractivity contribution in [3.63, 3.8) is 0 Å². The molecule has 2 amide bonds. The van der Waals surface area contributed by atoms with Crippen LogP contribution in [-0.4, -0.2) is 40.2 Å². The van der Waals surface area contributed by atoms with Gasteiger partial charge in [-0.15, -0.1) is 0 Å². The second kappa shape index (κ2) is 11.6. The Hall–Kier alpha value is -2.91. The summed E-state index contributed by atoms with van der Waals surface area (Å²) in [5.41, 5.74) is 1.07. The first-order valence-electron chi connectivity index (χ1n) is 10.3. The number of benzene rings is 1. The van der Waals surface area contributed by atoms with E-state index in [1.54, 1.807) is 60.6 Å². The van der Waals surface area contributed by atoms with Gasteiger partial charge in [0, 0.05) is 24.7 Å². The Morgan fingerprint density at radius 2 is 1.97 bits per heavy atom. The van der Waals surface area contributed by atoms with Crippen molar-refractivity contribution in [2.24, 2.45) is 0 Å². The molecule has 1 aliphatic heterocycles. The average Bonchev–Trinajstić information content (AvgIpc) is 3.37. The number of rotatable bonds is 10. The number of esters is 1. The molecule has 168 valence electrons. The molecule has 0 bridgehead atoms. The molecular formula is C23H24N2O5S2. The maximum atomic E-state index is 12.5. The molecule has 1 saturated heterocycles. The fourth-order valence-electron chi connectivity index (χ4n) is 3.06. The molecule has 0 radical (unpaired) electrons. The number of thiocarbonyl (C=S) groups is 1. The minimum Gasteiger partial charge on any atom is -0.465 e. The molecule has 3 rings (SSSR count). The lowest BCUT2D eigenvalue weighted by atomic mass is 10.1. The Balaban J connectivity index is 1.36. The maximum Gasteiger partial charge on any atom is 0.338 e. The third kappa shape index (κ3) is 6.54. The van der Waals surface area contributed by atoms with Gasteiger partial charge in [-0.25, -0.2) is 4.79 Å². The van der Waals surface area contributed by atoms with E-state index in [2.05, 4.69) is 5.32 Å². The molecule has 0 atom stereocenters. The monoisotopic (exact) mass is 472 g/mol. The SMILES string of the molecule is CCOC(=O)c1ccc(NC(=O)CCCCCN2C(=O)/C(=C/c3ccco3)SC2=S)cc1. The highest BCUT2D eigenvalue weighted by molar-refractivity contribution is 8.26. The van der Waals surface area contributed by atoms with E-state index >= 15 is 0 Å². The smallest absolute Gasteiger partial charge is 0.338 e. The highest BCUT2D eigenvalue weighted by atomic mass is 32.2. The van der Waals surface area contributed by atoms with E-state index in [9.17, 15) is 14.4 Å². The van der Waals surface area contributed by atoms with Crippen LogP contribution in [0.4, 0.5) is 5.69 Å². The predicted molar refractivity (Wildman–Crippen MR) is 128 cm³/mol. The lowest BCUT2D eigenvalue weighted by Crippen LogP contribution is -2.29. The zero-order chi connectivity index (χ0) is 22.9. The number of unbranched alkanes of at least 4 members (excludes halogenated alkanes) is 2. The molecule has 1 aromatic heterocycles. The maximum absolute atomic E-state index is 12.5. The molecule has 1 aliphatic rings. The second-order valence-electron chi connectivity index (χ2n) is 7.01. The summed E-state index contributed by atoms with van der Waals surface area (Å²) in [6, 6.07) is 10.1. The number of carbonyl (C=O) groups is 3. The highest BCUT2D eigenvalue weighted by Gasteiger charge is 2.31. The number of amides is 2. The van der Waals surface area contributed by atoms with Gasteiger partial charge in [0.05, 0.1) is 23.3 Å². The van der Waals surface area contributed by atoms with E-state index in [1.165, 1.54) is 11.8 Å². The Kier molecular flexibility index (Phi) is 8.64. The molecule has 1 fully saturated rings. The molecule has 0 spiro atoms. The van der Waals surface area contributed by atoms with Crippen LogP contribution >= 0.6 is 24.0 Å². The largest absolute Gasteiger partial charge is 0.465 e. The topological polar surface area (TPSA) is 88.9 Å². The van der Waals surface area contributed by atoms with Gasteiger partial charge in [0.2, 0.25) is 5.91 Å². The lowest BCUT2D eigenvalue weighted by molar-refractivity contribution is -0.122. The van der Waals surface area contributed by atoms with Gasteiger partial charge in [-0.1, -0.05) is 30.4 Å². The van der Waals surface area contributed by atoms with Crippen LogP contribution < -0.4 is 5.32 Å². The fourth-order valence-corrected chi connectivity index (χ4v) is 4.34. The average molecular weight is 473 g/mol. The predicted octanol–water partition coefficient (Wildman–Crippen LogP) is 4.86. The summed E-state index contributed by atoms with van der Waals surface area (Å²) in [5, 5.41) is 2.82. The second-order valence-corrected chi connectivity index (χ2v) is 8.68. The van der Waals surface area contributed by atoms with Crippen molar-refractivity contribution in [2.75, 3.05) is 18.5 Å². The van der Waals surface area contributed by atoms with E-state index < -0.39 is 0 Å². The van der Waals surface area contributed by atoms with Crippen molar-refractivity contribution < 1.29 is 23.5 Å². The molecule has 9 heteroatoms. The molecule has 1 aromatic carbocycles. The molecule has 2 heterocycles. The van der Waals surface area contributed by atoms with Crippen molar-refractivity contribution in [2.45, 2.75) is 32.6 Å². The molecule has 2 aromatic rings. The molecule has 1 N–H and O–H groups in total. The van der Waals surface area contributed by atoms with Crippen molar-refractivity contribution in [3.8, 4) is 0 Å². The van der Waals surface area contributed by atoms with Crippen molar-refractivity contribution in [1.82, 2.24) is 4.90 Å². The van der Waals surface area contributed by atoms with Crippen LogP contribution in [0.3, 0.4) is 0 Å². The van der Waals surface area contributed by atoms with E-state index in [-0.39, 0.29) is 17.8 Å². The molecule has 0 saturated carbocycles. The number of anilines is 1. The number of ether oxygens (including phenoxy) is 1. The van der Waals surface area contributed by atoms with Crippen LogP contribution in [0.1, 0.15) is 48.7 Å².